The summed E-state index contributed by atoms with van der Waals surface area (Å²) in [5, 5.41) is 0. The lowest BCUT2D eigenvalue weighted by Gasteiger charge is -2.21. The van der Waals surface area contributed by atoms with Gasteiger partial charge in [0.25, 0.3) is 0 Å². The molecule has 0 spiro atoms. The molecule has 0 rings (SSSR count). The molecule has 0 fully saturated rings. The molecule has 0 atom stereocenters. The van der Waals surface area contributed by atoms with Crippen molar-refractivity contribution in [2.24, 2.45) is 4.99 Å². The first-order chi connectivity index (χ1) is 7.12. The van der Waals surface area contributed by atoms with Gasteiger partial charge in [-0.15, -0.1) is 0 Å². The van der Waals surface area contributed by atoms with Crippen LogP contribution in [0, 0.1) is 0 Å². The summed E-state index contributed by atoms with van der Waals surface area (Å²) in [6, 6.07) is 0.315. The van der Waals surface area contributed by atoms with Crippen molar-refractivity contribution < 1.29 is 3.79 Å². The highest BCUT2D eigenvalue weighted by atomic mass is 35.6. The van der Waals surface area contributed by atoms with Crippen LogP contribution in [0.3, 0.4) is 0 Å². The molecule has 0 aromatic carbocycles. The van der Waals surface area contributed by atoms with E-state index in [1.54, 1.807) is 0 Å². The quantitative estimate of drug-likeness (QED) is 0.419. The molecule has 0 heterocycles. The maximum absolute atomic E-state index is 6.28. The van der Waals surface area contributed by atoms with Crippen LogP contribution >= 0.6 is 10.0 Å². The Morgan fingerprint density at radius 2 is 1.81 bits per heavy atom. The lowest BCUT2D eigenvalue weighted by atomic mass is 10.2. The fourth-order valence-corrected chi connectivity index (χ4v) is 2.28. The minimum Gasteiger partial charge on any atom is -0.635 e. The lowest BCUT2D eigenvalue weighted by Crippen LogP contribution is -2.22. The van der Waals surface area contributed by atoms with Crippen molar-refractivity contribution >= 4 is 29.3 Å². The van der Waals surface area contributed by atoms with Crippen molar-refractivity contribution in [1.29, 1.82) is 0 Å². The molecule has 0 aliphatic rings. The van der Waals surface area contributed by atoms with E-state index in [0.29, 0.717) is 6.04 Å². The summed E-state index contributed by atoms with van der Waals surface area (Å²) in [6.07, 6.45) is 1.95. The third-order valence-corrected chi connectivity index (χ3v) is 6.02. The summed E-state index contributed by atoms with van der Waals surface area (Å²) in [5.41, 5.74) is 0.985. The number of nitrogens with zero attached hydrogens (tertiary/aromatic N) is 1. The summed E-state index contributed by atoms with van der Waals surface area (Å²) in [4.78, 5) is 4.42. The summed E-state index contributed by atoms with van der Waals surface area (Å²) >= 11 is -1.69. The van der Waals surface area contributed by atoms with Gasteiger partial charge in [0, 0.05) is 11.8 Å². The molecular weight excluding hydrogens is 237 g/mol. The van der Waals surface area contributed by atoms with Crippen molar-refractivity contribution in [3.8, 4) is 0 Å². The SMILES string of the molecule is CC(/C=C(/C)[O][Al]([Cl])[C](C)(C)C)=NC(C)C. The van der Waals surface area contributed by atoms with Gasteiger partial charge in [0.2, 0.25) is 0 Å². The number of hydrogen-bond acceptors (Lipinski definition) is 2. The normalized spacial score (nSPS) is 14.3. The highest BCUT2D eigenvalue weighted by molar-refractivity contribution is 7.04. The molecule has 0 amide bonds. The van der Waals surface area contributed by atoms with Crippen molar-refractivity contribution in [1.82, 2.24) is 0 Å². The highest BCUT2D eigenvalue weighted by Crippen LogP contribution is 2.30. The van der Waals surface area contributed by atoms with E-state index in [2.05, 4.69) is 39.6 Å². The largest absolute Gasteiger partial charge is 0.685 e. The van der Waals surface area contributed by atoms with Crippen molar-refractivity contribution in [3.63, 3.8) is 0 Å². The van der Waals surface area contributed by atoms with E-state index in [1.165, 1.54) is 0 Å². The van der Waals surface area contributed by atoms with Crippen LogP contribution in [0.4, 0.5) is 0 Å². The number of allylic oxidation sites excluding steroid dienone is 2. The highest BCUT2D eigenvalue weighted by Gasteiger charge is 2.37. The fraction of sp³-hybridized carbons (Fsp3) is 0.750. The fourth-order valence-electron chi connectivity index (χ4n) is 1.11. The van der Waals surface area contributed by atoms with E-state index < -0.39 is 13.6 Å². The van der Waals surface area contributed by atoms with Gasteiger partial charge < -0.3 is 3.79 Å². The zero-order chi connectivity index (χ0) is 12.9. The van der Waals surface area contributed by atoms with Crippen LogP contribution in [0.15, 0.2) is 16.8 Å². The van der Waals surface area contributed by atoms with Gasteiger partial charge in [0.05, 0.1) is 5.76 Å². The third-order valence-electron chi connectivity index (χ3n) is 1.84. The van der Waals surface area contributed by atoms with E-state index in [-0.39, 0.29) is 4.28 Å². The maximum Gasteiger partial charge on any atom is 0.685 e. The Morgan fingerprint density at radius 1 is 1.31 bits per heavy atom. The molecular formula is C12H23AlClNO. The zero-order valence-corrected chi connectivity index (χ0v) is 13.4. The Labute approximate surface area is 109 Å². The predicted molar refractivity (Wildman–Crippen MR) is 74.4 cm³/mol. The van der Waals surface area contributed by atoms with Gasteiger partial charge in [-0.05, 0) is 38.0 Å². The first-order valence-corrected chi connectivity index (χ1v) is 8.46. The summed E-state index contributed by atoms with van der Waals surface area (Å²) < 4.78 is 5.82. The average molecular weight is 260 g/mol. The minimum atomic E-state index is -1.69. The molecule has 4 heteroatoms. The number of rotatable bonds is 4. The van der Waals surface area contributed by atoms with Crippen molar-refractivity contribution in [2.75, 3.05) is 0 Å². The van der Waals surface area contributed by atoms with E-state index in [1.807, 2.05) is 19.9 Å². The molecule has 0 radical (unpaired) electrons. The van der Waals surface area contributed by atoms with E-state index in [0.717, 1.165) is 11.5 Å². The molecule has 2 nitrogen and oxygen atoms in total. The summed E-state index contributed by atoms with van der Waals surface area (Å²) in [6.45, 7) is 14.4. The number of halogens is 1. The molecule has 0 bridgehead atoms. The van der Waals surface area contributed by atoms with E-state index >= 15 is 0 Å². The van der Waals surface area contributed by atoms with Crippen LogP contribution < -0.4 is 0 Å². The minimum absolute atomic E-state index is 0.0692. The molecule has 0 unspecified atom stereocenters. The molecule has 0 saturated heterocycles. The molecule has 0 aliphatic heterocycles. The first kappa shape index (κ1) is 16.0. The van der Waals surface area contributed by atoms with Gasteiger partial charge >= 0.3 is 13.6 Å². The summed E-state index contributed by atoms with van der Waals surface area (Å²) in [5.74, 6) is 0.864. The van der Waals surface area contributed by atoms with Crippen LogP contribution in [-0.4, -0.2) is 25.3 Å². The first-order valence-electron chi connectivity index (χ1n) is 5.66. The molecule has 0 N–H and O–H groups in total. The Bertz CT molecular complexity index is 279. The molecule has 0 saturated carbocycles. The van der Waals surface area contributed by atoms with Crippen LogP contribution in [0.1, 0.15) is 48.5 Å². The van der Waals surface area contributed by atoms with Crippen LogP contribution in [0.25, 0.3) is 0 Å². The van der Waals surface area contributed by atoms with Gasteiger partial charge in [-0.2, -0.15) is 0 Å². The van der Waals surface area contributed by atoms with Gasteiger partial charge in [0.15, 0.2) is 0 Å². The summed E-state index contributed by atoms with van der Waals surface area (Å²) in [7, 11) is 6.28. The van der Waals surface area contributed by atoms with Gasteiger partial charge in [0.1, 0.15) is 0 Å². The second kappa shape index (κ2) is 6.69. The molecule has 0 aliphatic carbocycles. The van der Waals surface area contributed by atoms with Crippen LogP contribution in [-0.2, 0) is 3.79 Å². The zero-order valence-electron chi connectivity index (χ0n) is 11.5. The topological polar surface area (TPSA) is 21.6 Å². The molecule has 92 valence electrons. The Hall–Kier alpha value is 0.0325. The molecule has 16 heavy (non-hydrogen) atoms. The van der Waals surface area contributed by atoms with E-state index in [9.17, 15) is 0 Å². The Morgan fingerprint density at radius 3 is 2.19 bits per heavy atom. The predicted octanol–water partition coefficient (Wildman–Crippen LogP) is 4.30. The maximum atomic E-state index is 6.28. The van der Waals surface area contributed by atoms with Gasteiger partial charge in [-0.1, -0.05) is 20.8 Å². The number of aliphatic imine (C=N–C) groups is 1. The lowest BCUT2D eigenvalue weighted by molar-refractivity contribution is 0.421. The van der Waals surface area contributed by atoms with Crippen LogP contribution in [0.5, 0.6) is 0 Å². The molecule has 0 aromatic heterocycles. The molecule has 0 aromatic rings. The second-order valence-corrected chi connectivity index (χ2v) is 9.21. The van der Waals surface area contributed by atoms with Crippen LogP contribution in [0.2, 0.25) is 4.28 Å². The Kier molecular flexibility index (Phi) is 6.70. The number of hydrogen-bond donors (Lipinski definition) is 0. The smallest absolute Gasteiger partial charge is 0.635 e. The van der Waals surface area contributed by atoms with Crippen molar-refractivity contribution in [3.05, 3.63) is 11.8 Å². The van der Waals surface area contributed by atoms with Gasteiger partial charge in [-0.3, -0.25) is 4.99 Å². The third kappa shape index (κ3) is 7.33. The standard InChI is InChI=1S/C8H15NO.C4H9.Al.ClH/c1-6(2)9-7(3)5-8(4)10;1-4(2)3;;/h5-6,10H,1-4H3;1-3H3;;1H/q;;+2;/p-2/b8-5-,9-7?;;;. The van der Waals surface area contributed by atoms with Crippen molar-refractivity contribution in [2.45, 2.75) is 58.8 Å². The Balaban J connectivity index is 4.47. The monoisotopic (exact) mass is 259 g/mol. The second-order valence-electron chi connectivity index (χ2n) is 5.42. The van der Waals surface area contributed by atoms with E-state index in [4.69, 9.17) is 13.8 Å². The van der Waals surface area contributed by atoms with Gasteiger partial charge in [-0.25, -0.2) is 10.0 Å². The average Bonchev–Trinajstić information content (AvgIpc) is 1.98.